The minimum absolute atomic E-state index is 0.0261. The number of ether oxygens (including phenoxy) is 2. The zero-order chi connectivity index (χ0) is 19.7. The van der Waals surface area contributed by atoms with Gasteiger partial charge in [0, 0.05) is 31.8 Å². The predicted molar refractivity (Wildman–Crippen MR) is 100 cm³/mol. The van der Waals surface area contributed by atoms with Gasteiger partial charge in [0.05, 0.1) is 29.3 Å². The van der Waals surface area contributed by atoms with Gasteiger partial charge >= 0.3 is 0 Å². The van der Waals surface area contributed by atoms with Crippen LogP contribution in [0.15, 0.2) is 42.2 Å². The van der Waals surface area contributed by atoms with Crippen molar-refractivity contribution in [1.29, 1.82) is 0 Å². The monoisotopic (exact) mass is 382 g/mol. The molecule has 144 valence electrons. The molecule has 28 heavy (non-hydrogen) atoms. The van der Waals surface area contributed by atoms with Crippen molar-refractivity contribution in [3.8, 4) is 11.5 Å². The Hall–Kier alpha value is -3.23. The Morgan fingerprint density at radius 1 is 1.14 bits per heavy atom. The first-order chi connectivity index (χ1) is 13.5. The highest BCUT2D eigenvalue weighted by atomic mass is 16.6. The van der Waals surface area contributed by atoms with E-state index in [1.807, 2.05) is 0 Å². The van der Waals surface area contributed by atoms with Gasteiger partial charge < -0.3 is 14.6 Å². The van der Waals surface area contributed by atoms with E-state index in [1.54, 1.807) is 24.3 Å². The fourth-order valence-electron chi connectivity index (χ4n) is 3.28. The Labute approximate surface area is 160 Å². The SMILES string of the molecule is O=C1/C(=C/c2ccc([N+](=O)[O-])cc2)Oc2c1ccc(O)c2CN1CCOCC1. The van der Waals surface area contributed by atoms with Crippen molar-refractivity contribution in [2.75, 3.05) is 26.3 Å². The van der Waals surface area contributed by atoms with E-state index in [0.29, 0.717) is 42.2 Å². The number of carbonyl (C=O) groups excluding carboxylic acids is 1. The smallest absolute Gasteiger partial charge is 0.269 e. The number of carbonyl (C=O) groups is 1. The first kappa shape index (κ1) is 18.1. The van der Waals surface area contributed by atoms with E-state index >= 15 is 0 Å². The minimum Gasteiger partial charge on any atom is -0.507 e. The fourth-order valence-corrected chi connectivity index (χ4v) is 3.28. The fraction of sp³-hybridized carbons (Fsp3) is 0.250. The van der Waals surface area contributed by atoms with E-state index in [2.05, 4.69) is 4.90 Å². The number of benzene rings is 2. The Bertz CT molecular complexity index is 961. The van der Waals surface area contributed by atoms with Gasteiger partial charge in [0.2, 0.25) is 5.78 Å². The molecule has 0 atom stereocenters. The maximum absolute atomic E-state index is 12.7. The van der Waals surface area contributed by atoms with E-state index in [9.17, 15) is 20.0 Å². The van der Waals surface area contributed by atoms with Crippen LogP contribution in [-0.2, 0) is 11.3 Å². The van der Waals surface area contributed by atoms with Gasteiger partial charge in [-0.25, -0.2) is 0 Å². The van der Waals surface area contributed by atoms with Gasteiger partial charge in [-0.3, -0.25) is 19.8 Å². The van der Waals surface area contributed by atoms with Gasteiger partial charge in [-0.2, -0.15) is 0 Å². The molecular formula is C20H18N2O6. The van der Waals surface area contributed by atoms with E-state index < -0.39 is 4.92 Å². The third-order valence-corrected chi connectivity index (χ3v) is 4.80. The standard InChI is InChI=1S/C20H18N2O6/c23-17-6-5-15-19(24)18(11-13-1-3-14(4-2-13)22(25)26)28-20(15)16(17)12-21-7-9-27-10-8-21/h1-6,11,23H,7-10,12H2/b18-11-. The molecule has 2 aliphatic rings. The number of nitro benzene ring substituents is 1. The molecule has 1 saturated heterocycles. The van der Waals surface area contributed by atoms with Gasteiger partial charge in [-0.05, 0) is 35.9 Å². The summed E-state index contributed by atoms with van der Waals surface area (Å²) < 4.78 is 11.2. The molecule has 8 heteroatoms. The predicted octanol–water partition coefficient (Wildman–Crippen LogP) is 2.75. The Kier molecular flexibility index (Phi) is 4.81. The number of hydrogen-bond acceptors (Lipinski definition) is 7. The molecule has 1 N–H and O–H groups in total. The summed E-state index contributed by atoms with van der Waals surface area (Å²) in [6.45, 7) is 3.18. The maximum atomic E-state index is 12.7. The van der Waals surface area contributed by atoms with Crippen molar-refractivity contribution in [1.82, 2.24) is 4.90 Å². The molecule has 2 heterocycles. The number of aromatic hydroxyl groups is 1. The average Bonchev–Trinajstić information content (AvgIpc) is 3.01. The van der Waals surface area contributed by atoms with Crippen molar-refractivity contribution in [3.63, 3.8) is 0 Å². The molecule has 0 amide bonds. The molecule has 2 aliphatic heterocycles. The van der Waals surface area contributed by atoms with Crippen LogP contribution in [0.3, 0.4) is 0 Å². The van der Waals surface area contributed by atoms with Crippen LogP contribution >= 0.6 is 0 Å². The van der Waals surface area contributed by atoms with Crippen LogP contribution < -0.4 is 4.74 Å². The zero-order valence-corrected chi connectivity index (χ0v) is 15.0. The second kappa shape index (κ2) is 7.41. The highest BCUT2D eigenvalue weighted by Crippen LogP contribution is 2.40. The molecule has 0 unspecified atom stereocenters. The van der Waals surface area contributed by atoms with E-state index in [1.165, 1.54) is 18.2 Å². The number of rotatable bonds is 4. The van der Waals surface area contributed by atoms with Crippen LogP contribution in [0.25, 0.3) is 6.08 Å². The minimum atomic E-state index is -0.481. The maximum Gasteiger partial charge on any atom is 0.269 e. The van der Waals surface area contributed by atoms with Crippen molar-refractivity contribution in [2.24, 2.45) is 0 Å². The number of hydrogen-bond donors (Lipinski definition) is 1. The normalized spacial score (nSPS) is 18.1. The van der Waals surface area contributed by atoms with Crippen LogP contribution in [0.5, 0.6) is 11.5 Å². The molecule has 0 saturated carbocycles. The van der Waals surface area contributed by atoms with Crippen molar-refractivity contribution >= 4 is 17.5 Å². The first-order valence-electron chi connectivity index (χ1n) is 8.86. The molecule has 4 rings (SSSR count). The molecule has 0 radical (unpaired) electrons. The number of allylic oxidation sites excluding steroid dienone is 1. The summed E-state index contributed by atoms with van der Waals surface area (Å²) >= 11 is 0. The number of morpholine rings is 1. The van der Waals surface area contributed by atoms with Crippen LogP contribution in [-0.4, -0.2) is 47.0 Å². The summed E-state index contributed by atoms with van der Waals surface area (Å²) in [5.41, 5.74) is 1.55. The number of Topliss-reactive ketones (excluding diaryl/α,β-unsaturated/α-hetero) is 1. The molecule has 8 nitrogen and oxygen atoms in total. The molecule has 0 bridgehead atoms. The van der Waals surface area contributed by atoms with Crippen molar-refractivity contribution in [3.05, 3.63) is 69.0 Å². The Morgan fingerprint density at radius 2 is 1.86 bits per heavy atom. The lowest BCUT2D eigenvalue weighted by Gasteiger charge is -2.27. The third-order valence-electron chi connectivity index (χ3n) is 4.80. The highest BCUT2D eigenvalue weighted by molar-refractivity contribution is 6.15. The van der Waals surface area contributed by atoms with Crippen LogP contribution in [0.1, 0.15) is 21.5 Å². The summed E-state index contributed by atoms with van der Waals surface area (Å²) in [4.78, 5) is 25.1. The summed E-state index contributed by atoms with van der Waals surface area (Å²) in [6.07, 6.45) is 1.54. The van der Waals surface area contributed by atoms with E-state index in [-0.39, 0.29) is 23.0 Å². The Morgan fingerprint density at radius 3 is 2.54 bits per heavy atom. The lowest BCUT2D eigenvalue weighted by atomic mass is 10.0. The van der Waals surface area contributed by atoms with E-state index in [4.69, 9.17) is 9.47 Å². The molecule has 2 aromatic carbocycles. The highest BCUT2D eigenvalue weighted by Gasteiger charge is 2.31. The van der Waals surface area contributed by atoms with E-state index in [0.717, 1.165) is 13.1 Å². The number of non-ortho nitro benzene ring substituents is 1. The molecule has 0 aliphatic carbocycles. The van der Waals surface area contributed by atoms with Gasteiger partial charge in [0.15, 0.2) is 5.76 Å². The Balaban J connectivity index is 1.62. The number of nitrogens with zero attached hydrogens (tertiary/aromatic N) is 2. The first-order valence-corrected chi connectivity index (χ1v) is 8.86. The van der Waals surface area contributed by atoms with Gasteiger partial charge in [-0.1, -0.05) is 0 Å². The second-order valence-electron chi connectivity index (χ2n) is 6.62. The summed E-state index contributed by atoms with van der Waals surface area (Å²) in [5, 5.41) is 21.1. The van der Waals surface area contributed by atoms with Crippen molar-refractivity contribution < 1.29 is 24.3 Å². The zero-order valence-electron chi connectivity index (χ0n) is 15.0. The van der Waals surface area contributed by atoms with Crippen LogP contribution in [0.2, 0.25) is 0 Å². The molecular weight excluding hydrogens is 364 g/mol. The third kappa shape index (κ3) is 3.47. The number of fused-ring (bicyclic) bond motifs is 1. The van der Waals surface area contributed by atoms with Crippen molar-refractivity contribution in [2.45, 2.75) is 6.54 Å². The quantitative estimate of drug-likeness (QED) is 0.493. The lowest BCUT2D eigenvalue weighted by molar-refractivity contribution is -0.384. The molecule has 0 spiro atoms. The number of nitro groups is 1. The van der Waals surface area contributed by atoms with Gasteiger partial charge in [-0.15, -0.1) is 0 Å². The largest absolute Gasteiger partial charge is 0.507 e. The summed E-state index contributed by atoms with van der Waals surface area (Å²) in [6, 6.07) is 8.90. The van der Waals surface area contributed by atoms with Crippen LogP contribution in [0, 0.1) is 10.1 Å². The molecule has 0 aromatic heterocycles. The molecule has 2 aromatic rings. The van der Waals surface area contributed by atoms with Gasteiger partial charge in [0.25, 0.3) is 5.69 Å². The topological polar surface area (TPSA) is 102 Å². The second-order valence-corrected chi connectivity index (χ2v) is 6.62. The lowest BCUT2D eigenvalue weighted by Crippen LogP contribution is -2.35. The number of phenols is 1. The molecule has 1 fully saturated rings. The summed E-state index contributed by atoms with van der Waals surface area (Å²) in [7, 11) is 0. The van der Waals surface area contributed by atoms with Crippen LogP contribution in [0.4, 0.5) is 5.69 Å². The van der Waals surface area contributed by atoms with Gasteiger partial charge in [0.1, 0.15) is 11.5 Å². The number of ketones is 1. The average molecular weight is 382 g/mol. The number of phenolic OH excluding ortho intramolecular Hbond substituents is 1. The summed E-state index contributed by atoms with van der Waals surface area (Å²) in [5.74, 6) is 0.286.